The number of nitrogens with zero attached hydrogens (tertiary/aromatic N) is 3. The summed E-state index contributed by atoms with van der Waals surface area (Å²) in [5, 5.41) is 0. The first-order valence-electron chi connectivity index (χ1n) is 6.92. The molecule has 1 aromatic heterocycles. The van der Waals surface area contributed by atoms with Crippen LogP contribution in [0.2, 0.25) is 0 Å². The highest BCUT2D eigenvalue weighted by atomic mass is 15.2. The lowest BCUT2D eigenvalue weighted by molar-refractivity contribution is 0.0429. The van der Waals surface area contributed by atoms with Gasteiger partial charge in [0.2, 0.25) is 0 Å². The summed E-state index contributed by atoms with van der Waals surface area (Å²) in [7, 11) is 4.37. The molecule has 0 bridgehead atoms. The third-order valence-electron chi connectivity index (χ3n) is 4.65. The Morgan fingerprint density at radius 1 is 1.37 bits per heavy atom. The summed E-state index contributed by atoms with van der Waals surface area (Å²) in [4.78, 5) is 7.01. The molecule has 0 radical (unpaired) electrons. The largest absolute Gasteiger partial charge is 0.399 e. The summed E-state index contributed by atoms with van der Waals surface area (Å²) in [6.45, 7) is 3.10. The minimum Gasteiger partial charge on any atom is -0.399 e. The van der Waals surface area contributed by atoms with E-state index in [0.29, 0.717) is 5.54 Å². The van der Waals surface area contributed by atoms with Crippen LogP contribution >= 0.6 is 0 Å². The minimum absolute atomic E-state index is 0.305. The van der Waals surface area contributed by atoms with E-state index >= 15 is 0 Å². The van der Waals surface area contributed by atoms with Gasteiger partial charge in [-0.15, -0.1) is 0 Å². The molecule has 2 N–H and O–H groups in total. The summed E-state index contributed by atoms with van der Waals surface area (Å²) < 4.78 is 2.34. The lowest BCUT2D eigenvalue weighted by Crippen LogP contribution is -2.53. The number of likely N-dealkylation sites (N-methyl/N-ethyl adjacent to an activating group) is 1. The molecule has 0 amide bonds. The molecule has 4 heteroatoms. The van der Waals surface area contributed by atoms with Gasteiger partial charge in [0.05, 0.1) is 11.0 Å². The molecule has 3 rings (SSSR count). The zero-order valence-electron chi connectivity index (χ0n) is 12.0. The number of imidazole rings is 1. The smallest absolute Gasteiger partial charge is 0.106 e. The van der Waals surface area contributed by atoms with Crippen LogP contribution in [0.1, 0.15) is 25.1 Å². The molecule has 1 saturated carbocycles. The molecule has 0 aliphatic heterocycles. The van der Waals surface area contributed by atoms with Crippen molar-refractivity contribution in [2.45, 2.75) is 38.3 Å². The molecule has 0 spiro atoms. The van der Waals surface area contributed by atoms with Gasteiger partial charge >= 0.3 is 0 Å². The SMILES string of the molecule is Cc1nc2cc(N)ccc2n1CC1(N(C)C)CCC1. The van der Waals surface area contributed by atoms with Crippen molar-refractivity contribution < 1.29 is 0 Å². The van der Waals surface area contributed by atoms with Crippen molar-refractivity contribution in [1.82, 2.24) is 14.5 Å². The highest BCUT2D eigenvalue weighted by molar-refractivity contribution is 5.79. The maximum Gasteiger partial charge on any atom is 0.106 e. The normalized spacial score (nSPS) is 17.9. The van der Waals surface area contributed by atoms with Gasteiger partial charge in [0.1, 0.15) is 5.82 Å². The highest BCUT2D eigenvalue weighted by Crippen LogP contribution is 2.38. The fourth-order valence-electron chi connectivity index (χ4n) is 3.09. The Hall–Kier alpha value is -1.55. The molecule has 1 heterocycles. The number of benzene rings is 1. The van der Waals surface area contributed by atoms with Gasteiger partial charge in [0, 0.05) is 17.8 Å². The molecule has 0 saturated heterocycles. The van der Waals surface area contributed by atoms with Gasteiger partial charge in [-0.2, -0.15) is 0 Å². The Kier molecular flexibility index (Phi) is 2.78. The van der Waals surface area contributed by atoms with Crippen LogP contribution in [0.15, 0.2) is 18.2 Å². The third-order valence-corrected chi connectivity index (χ3v) is 4.65. The second-order valence-electron chi connectivity index (χ2n) is 5.97. The number of anilines is 1. The lowest BCUT2D eigenvalue weighted by Gasteiger charge is -2.47. The van der Waals surface area contributed by atoms with E-state index < -0.39 is 0 Å². The predicted octanol–water partition coefficient (Wildman–Crippen LogP) is 2.41. The highest BCUT2D eigenvalue weighted by Gasteiger charge is 2.39. The van der Waals surface area contributed by atoms with Gasteiger partial charge in [-0.3, -0.25) is 0 Å². The zero-order chi connectivity index (χ0) is 13.6. The summed E-state index contributed by atoms with van der Waals surface area (Å²) in [6.07, 6.45) is 3.87. The van der Waals surface area contributed by atoms with Crippen LogP contribution in [0.25, 0.3) is 11.0 Å². The molecule has 4 nitrogen and oxygen atoms in total. The molecule has 2 aromatic rings. The van der Waals surface area contributed by atoms with Crippen LogP contribution in [-0.4, -0.2) is 34.1 Å². The fraction of sp³-hybridized carbons (Fsp3) is 0.533. The second kappa shape index (κ2) is 4.23. The maximum absolute atomic E-state index is 5.84. The fourth-order valence-corrected chi connectivity index (χ4v) is 3.09. The lowest BCUT2D eigenvalue weighted by atomic mass is 9.75. The van der Waals surface area contributed by atoms with E-state index in [1.165, 1.54) is 24.8 Å². The van der Waals surface area contributed by atoms with E-state index in [1.54, 1.807) is 0 Å². The number of aromatic nitrogens is 2. The van der Waals surface area contributed by atoms with Gasteiger partial charge in [0.25, 0.3) is 0 Å². The molecular weight excluding hydrogens is 236 g/mol. The molecule has 1 aliphatic rings. The van der Waals surface area contributed by atoms with Crippen LogP contribution < -0.4 is 5.73 Å². The van der Waals surface area contributed by atoms with Crippen LogP contribution in [0.4, 0.5) is 5.69 Å². The van der Waals surface area contributed by atoms with E-state index in [1.807, 2.05) is 12.1 Å². The summed E-state index contributed by atoms with van der Waals surface area (Å²) >= 11 is 0. The maximum atomic E-state index is 5.84. The first-order chi connectivity index (χ1) is 9.02. The molecule has 1 fully saturated rings. The van der Waals surface area contributed by atoms with Crippen molar-refractivity contribution in [1.29, 1.82) is 0 Å². The number of rotatable bonds is 3. The van der Waals surface area contributed by atoms with Crippen LogP contribution in [0.5, 0.6) is 0 Å². The van der Waals surface area contributed by atoms with Crippen molar-refractivity contribution >= 4 is 16.7 Å². The van der Waals surface area contributed by atoms with E-state index in [9.17, 15) is 0 Å². The Bertz CT molecular complexity index is 608. The van der Waals surface area contributed by atoms with Crippen molar-refractivity contribution in [2.24, 2.45) is 0 Å². The number of nitrogens with two attached hydrogens (primary N) is 1. The number of hydrogen-bond donors (Lipinski definition) is 1. The van der Waals surface area contributed by atoms with Gasteiger partial charge in [-0.1, -0.05) is 0 Å². The summed E-state index contributed by atoms with van der Waals surface area (Å²) in [5.41, 5.74) is 9.12. The van der Waals surface area contributed by atoms with E-state index in [2.05, 4.69) is 41.5 Å². The number of nitrogen functional groups attached to an aromatic ring is 1. The van der Waals surface area contributed by atoms with Crippen LogP contribution in [0, 0.1) is 6.92 Å². The molecule has 19 heavy (non-hydrogen) atoms. The molecule has 102 valence electrons. The number of aryl methyl sites for hydroxylation is 1. The predicted molar refractivity (Wildman–Crippen MR) is 79.2 cm³/mol. The molecule has 0 atom stereocenters. The monoisotopic (exact) mass is 258 g/mol. The molecule has 0 unspecified atom stereocenters. The van der Waals surface area contributed by atoms with Gasteiger partial charge in [-0.25, -0.2) is 4.98 Å². The zero-order valence-corrected chi connectivity index (χ0v) is 12.0. The van der Waals surface area contributed by atoms with Gasteiger partial charge in [-0.05, 0) is 58.5 Å². The van der Waals surface area contributed by atoms with Crippen molar-refractivity contribution in [2.75, 3.05) is 19.8 Å². The topological polar surface area (TPSA) is 47.1 Å². The minimum atomic E-state index is 0.305. The Labute approximate surface area is 114 Å². The van der Waals surface area contributed by atoms with Crippen LogP contribution in [-0.2, 0) is 6.54 Å². The van der Waals surface area contributed by atoms with Gasteiger partial charge < -0.3 is 15.2 Å². The van der Waals surface area contributed by atoms with Crippen LogP contribution in [0.3, 0.4) is 0 Å². The summed E-state index contributed by atoms with van der Waals surface area (Å²) in [5.74, 6) is 1.08. The molecular formula is C15H22N4. The van der Waals surface area contributed by atoms with E-state index in [0.717, 1.165) is 23.6 Å². The Morgan fingerprint density at radius 2 is 2.11 bits per heavy atom. The molecule has 1 aliphatic carbocycles. The Balaban J connectivity index is 2.03. The summed E-state index contributed by atoms with van der Waals surface area (Å²) in [6, 6.07) is 6.01. The van der Waals surface area contributed by atoms with E-state index in [-0.39, 0.29) is 0 Å². The number of hydrogen-bond acceptors (Lipinski definition) is 3. The standard InChI is InChI=1S/C15H22N4/c1-11-17-13-9-12(16)5-6-14(13)19(11)10-15(18(2)3)7-4-8-15/h5-6,9H,4,7-8,10,16H2,1-3H3. The van der Waals surface area contributed by atoms with Crippen molar-refractivity contribution in [3.05, 3.63) is 24.0 Å². The quantitative estimate of drug-likeness (QED) is 0.860. The van der Waals surface area contributed by atoms with E-state index in [4.69, 9.17) is 5.73 Å². The molecule has 1 aromatic carbocycles. The second-order valence-corrected chi connectivity index (χ2v) is 5.97. The van der Waals surface area contributed by atoms with Gasteiger partial charge in [0.15, 0.2) is 0 Å². The number of fused-ring (bicyclic) bond motifs is 1. The Morgan fingerprint density at radius 3 is 2.68 bits per heavy atom. The first-order valence-corrected chi connectivity index (χ1v) is 6.92. The van der Waals surface area contributed by atoms with Crippen molar-refractivity contribution in [3.8, 4) is 0 Å². The average Bonchev–Trinajstić information content (AvgIpc) is 2.58. The first kappa shape index (κ1) is 12.5. The average molecular weight is 258 g/mol. The third kappa shape index (κ3) is 1.91. The van der Waals surface area contributed by atoms with Crippen molar-refractivity contribution in [3.63, 3.8) is 0 Å².